The molecule has 3 heterocycles. The number of hydrogen-bond acceptors (Lipinski definition) is 5. The molecule has 4 rings (SSSR count). The van der Waals surface area contributed by atoms with E-state index in [1.165, 1.54) is 10.9 Å². The number of benzene rings is 1. The lowest BCUT2D eigenvalue weighted by molar-refractivity contribution is -0.131. The molecule has 0 bridgehead atoms. The second-order valence-corrected chi connectivity index (χ2v) is 6.74. The van der Waals surface area contributed by atoms with Crippen LogP contribution >= 0.6 is 0 Å². The minimum absolute atomic E-state index is 0.0217. The van der Waals surface area contributed by atoms with Crippen LogP contribution in [-0.4, -0.2) is 44.5 Å². The van der Waals surface area contributed by atoms with Crippen molar-refractivity contribution in [2.75, 3.05) is 13.1 Å². The van der Waals surface area contributed by atoms with Crippen molar-refractivity contribution >= 4 is 16.8 Å². The second kappa shape index (κ2) is 7.19. The molecule has 0 aliphatic carbocycles. The van der Waals surface area contributed by atoms with Crippen molar-refractivity contribution in [2.24, 2.45) is 0 Å². The molecule has 0 radical (unpaired) electrons. The Labute approximate surface area is 156 Å². The van der Waals surface area contributed by atoms with Crippen LogP contribution in [0.15, 0.2) is 53.7 Å². The first-order chi connectivity index (χ1) is 13.1. The van der Waals surface area contributed by atoms with Crippen molar-refractivity contribution in [1.82, 2.24) is 19.4 Å². The lowest BCUT2D eigenvalue weighted by atomic mass is 10.2. The van der Waals surface area contributed by atoms with E-state index in [2.05, 4.69) is 9.97 Å². The summed E-state index contributed by atoms with van der Waals surface area (Å²) in [6, 6.07) is 10.9. The first kappa shape index (κ1) is 17.2. The number of amides is 1. The Morgan fingerprint density at radius 1 is 1.22 bits per heavy atom. The lowest BCUT2D eigenvalue weighted by Gasteiger charge is -2.17. The van der Waals surface area contributed by atoms with Crippen LogP contribution in [0.25, 0.3) is 10.9 Å². The largest absolute Gasteiger partial charge is 0.472 e. The predicted octanol–water partition coefficient (Wildman–Crippen LogP) is 1.78. The number of likely N-dealkylation sites (tertiary alicyclic amines) is 1. The molecule has 27 heavy (non-hydrogen) atoms. The van der Waals surface area contributed by atoms with E-state index in [-0.39, 0.29) is 24.1 Å². The first-order valence-electron chi connectivity index (χ1n) is 8.91. The van der Waals surface area contributed by atoms with Crippen LogP contribution in [0.2, 0.25) is 0 Å². The molecule has 2 aromatic heterocycles. The van der Waals surface area contributed by atoms with Crippen molar-refractivity contribution in [2.45, 2.75) is 26.0 Å². The van der Waals surface area contributed by atoms with Gasteiger partial charge in [-0.3, -0.25) is 14.2 Å². The summed E-state index contributed by atoms with van der Waals surface area (Å²) in [6.45, 7) is 3.04. The fraction of sp³-hybridized carbons (Fsp3) is 0.300. The van der Waals surface area contributed by atoms with Gasteiger partial charge in [-0.15, -0.1) is 0 Å². The van der Waals surface area contributed by atoms with Gasteiger partial charge in [-0.1, -0.05) is 18.2 Å². The molecule has 0 spiro atoms. The van der Waals surface area contributed by atoms with Gasteiger partial charge in [0.2, 0.25) is 11.8 Å². The van der Waals surface area contributed by atoms with Gasteiger partial charge in [0.1, 0.15) is 12.6 Å². The summed E-state index contributed by atoms with van der Waals surface area (Å²) in [5.41, 5.74) is 1.50. The molecule has 7 nitrogen and oxygen atoms in total. The summed E-state index contributed by atoms with van der Waals surface area (Å²) >= 11 is 0. The van der Waals surface area contributed by atoms with E-state index in [4.69, 9.17) is 4.74 Å². The van der Waals surface area contributed by atoms with Crippen LogP contribution in [0, 0.1) is 6.92 Å². The van der Waals surface area contributed by atoms with Crippen molar-refractivity contribution in [3.63, 3.8) is 0 Å². The molecule has 3 aromatic rings. The highest BCUT2D eigenvalue weighted by molar-refractivity contribution is 5.79. The highest BCUT2D eigenvalue weighted by atomic mass is 16.5. The predicted molar refractivity (Wildman–Crippen MR) is 101 cm³/mol. The number of hydrogen-bond donors (Lipinski definition) is 0. The van der Waals surface area contributed by atoms with Crippen molar-refractivity contribution < 1.29 is 9.53 Å². The average molecular weight is 364 g/mol. The van der Waals surface area contributed by atoms with Crippen LogP contribution in [0.4, 0.5) is 0 Å². The standard InChI is InChI=1S/C20H20N4O3/c1-14-6-7-18(21-10-14)27-15-8-9-23(11-15)19(25)12-24-13-22-17-5-3-2-4-16(17)20(24)26/h2-7,10,13,15H,8-9,11-12H2,1H3. The van der Waals surface area contributed by atoms with Gasteiger partial charge in [0.15, 0.2) is 0 Å². The third-order valence-corrected chi connectivity index (χ3v) is 4.71. The van der Waals surface area contributed by atoms with Crippen molar-refractivity contribution in [1.29, 1.82) is 0 Å². The third-order valence-electron chi connectivity index (χ3n) is 4.71. The molecule has 0 N–H and O–H groups in total. The Morgan fingerprint density at radius 3 is 2.89 bits per heavy atom. The number of carbonyl (C=O) groups is 1. The molecule has 0 saturated carbocycles. The number of rotatable bonds is 4. The smallest absolute Gasteiger partial charge is 0.261 e. The summed E-state index contributed by atoms with van der Waals surface area (Å²) in [4.78, 5) is 35.4. The van der Waals surface area contributed by atoms with Gasteiger partial charge in [0, 0.05) is 25.2 Å². The molecule has 138 valence electrons. The molecular weight excluding hydrogens is 344 g/mol. The number of aromatic nitrogens is 3. The Kier molecular flexibility index (Phi) is 4.58. The van der Waals surface area contributed by atoms with Gasteiger partial charge >= 0.3 is 0 Å². The maximum absolute atomic E-state index is 12.6. The van der Waals surface area contributed by atoms with Crippen LogP contribution in [0.1, 0.15) is 12.0 Å². The van der Waals surface area contributed by atoms with Crippen LogP contribution in [0.5, 0.6) is 5.88 Å². The molecule has 1 aromatic carbocycles. The molecule has 1 aliphatic rings. The highest BCUT2D eigenvalue weighted by Crippen LogP contribution is 2.17. The van der Waals surface area contributed by atoms with Crippen LogP contribution in [0.3, 0.4) is 0 Å². The zero-order chi connectivity index (χ0) is 18.8. The fourth-order valence-electron chi connectivity index (χ4n) is 3.21. The van der Waals surface area contributed by atoms with Gasteiger partial charge in [0.25, 0.3) is 5.56 Å². The van der Waals surface area contributed by atoms with E-state index in [9.17, 15) is 9.59 Å². The SMILES string of the molecule is Cc1ccc(OC2CCN(C(=O)Cn3cnc4ccccc4c3=O)C2)nc1. The van der Waals surface area contributed by atoms with Crippen LogP contribution < -0.4 is 10.3 Å². The number of ether oxygens (including phenoxy) is 1. The summed E-state index contributed by atoms with van der Waals surface area (Å²) in [7, 11) is 0. The Bertz CT molecular complexity index is 1030. The zero-order valence-corrected chi connectivity index (χ0v) is 15.0. The van der Waals surface area contributed by atoms with E-state index in [1.54, 1.807) is 29.3 Å². The maximum Gasteiger partial charge on any atom is 0.261 e. The molecule has 1 aliphatic heterocycles. The molecule has 1 saturated heterocycles. The number of fused-ring (bicyclic) bond motifs is 1. The Hall–Kier alpha value is -3.22. The minimum Gasteiger partial charge on any atom is -0.472 e. The lowest BCUT2D eigenvalue weighted by Crippen LogP contribution is -2.36. The van der Waals surface area contributed by atoms with Crippen LogP contribution in [-0.2, 0) is 11.3 Å². The first-order valence-corrected chi connectivity index (χ1v) is 8.91. The van der Waals surface area contributed by atoms with Crippen molar-refractivity contribution in [3.8, 4) is 5.88 Å². The monoisotopic (exact) mass is 364 g/mol. The summed E-state index contributed by atoms with van der Waals surface area (Å²) < 4.78 is 7.22. The molecule has 1 unspecified atom stereocenters. The topological polar surface area (TPSA) is 77.3 Å². The summed E-state index contributed by atoms with van der Waals surface area (Å²) in [5.74, 6) is 0.451. The number of pyridine rings is 1. The van der Waals surface area contributed by atoms with Gasteiger partial charge in [0.05, 0.1) is 23.8 Å². The van der Waals surface area contributed by atoms with Gasteiger partial charge in [-0.05, 0) is 24.6 Å². The highest BCUT2D eigenvalue weighted by Gasteiger charge is 2.28. The Morgan fingerprint density at radius 2 is 2.07 bits per heavy atom. The minimum atomic E-state index is -0.204. The molecule has 1 atom stereocenters. The molecule has 1 amide bonds. The number of nitrogens with zero attached hydrogens (tertiary/aromatic N) is 4. The second-order valence-electron chi connectivity index (χ2n) is 6.74. The van der Waals surface area contributed by atoms with E-state index < -0.39 is 0 Å². The maximum atomic E-state index is 12.6. The fourth-order valence-corrected chi connectivity index (χ4v) is 3.21. The van der Waals surface area contributed by atoms with E-state index >= 15 is 0 Å². The third kappa shape index (κ3) is 3.67. The van der Waals surface area contributed by atoms with Gasteiger partial charge in [-0.2, -0.15) is 0 Å². The summed E-state index contributed by atoms with van der Waals surface area (Å²) in [6.07, 6.45) is 3.84. The van der Waals surface area contributed by atoms with E-state index in [0.717, 1.165) is 12.0 Å². The quantitative estimate of drug-likeness (QED) is 0.705. The molecular formula is C20H20N4O3. The van der Waals surface area contributed by atoms with Crippen molar-refractivity contribution in [3.05, 3.63) is 64.8 Å². The number of para-hydroxylation sites is 1. The number of carbonyl (C=O) groups excluding carboxylic acids is 1. The van der Waals surface area contributed by atoms with E-state index in [0.29, 0.717) is 29.9 Å². The van der Waals surface area contributed by atoms with Gasteiger partial charge in [-0.25, -0.2) is 9.97 Å². The Balaban J connectivity index is 1.41. The number of aryl methyl sites for hydroxylation is 1. The zero-order valence-electron chi connectivity index (χ0n) is 15.0. The average Bonchev–Trinajstić information content (AvgIpc) is 3.15. The van der Waals surface area contributed by atoms with Gasteiger partial charge < -0.3 is 9.64 Å². The van der Waals surface area contributed by atoms with E-state index in [1.807, 2.05) is 25.1 Å². The molecule has 7 heteroatoms. The normalized spacial score (nSPS) is 16.6. The summed E-state index contributed by atoms with van der Waals surface area (Å²) in [5, 5.41) is 0.515. The molecule has 1 fully saturated rings.